The molecule has 1 aliphatic heterocycles. The first-order valence-electron chi connectivity index (χ1n) is 9.92. The van der Waals surface area contributed by atoms with Crippen molar-refractivity contribution in [3.05, 3.63) is 22.3 Å². The van der Waals surface area contributed by atoms with Crippen LogP contribution in [0.2, 0.25) is 0 Å². The van der Waals surface area contributed by atoms with Gasteiger partial charge in [-0.3, -0.25) is 4.79 Å². The minimum atomic E-state index is 0.383. The molecule has 1 aromatic rings. The minimum absolute atomic E-state index is 0.383. The Kier molecular flexibility index (Phi) is 4.51. The molecular formula is C21H30N2O. The number of piperidine rings is 1. The smallest absolute Gasteiger partial charge is 0.223 e. The van der Waals surface area contributed by atoms with E-state index in [-0.39, 0.29) is 0 Å². The van der Waals surface area contributed by atoms with Crippen LogP contribution in [0.5, 0.6) is 0 Å². The first kappa shape index (κ1) is 16.0. The van der Waals surface area contributed by atoms with Gasteiger partial charge in [0, 0.05) is 30.1 Å². The van der Waals surface area contributed by atoms with Gasteiger partial charge in [0.05, 0.1) is 0 Å². The number of hydrogen-bond donors (Lipinski definition) is 1. The standard InChI is InChI=1S/C21H30N2O/c1-15-10-11-16-6-2-5-9-20(16)23(15)21(24)13-12-17-14-22-19-8-4-3-7-18(17)19/h7-8,14-16,20,22H,2-6,9-13H2,1H3. The third-order valence-corrected chi connectivity index (χ3v) is 6.45. The van der Waals surface area contributed by atoms with Crippen molar-refractivity contribution in [1.82, 2.24) is 9.88 Å². The van der Waals surface area contributed by atoms with Gasteiger partial charge >= 0.3 is 0 Å². The number of nitrogens with zero attached hydrogens (tertiary/aromatic N) is 1. The summed E-state index contributed by atoms with van der Waals surface area (Å²) in [7, 11) is 0. The number of likely N-dealkylation sites (tertiary alicyclic amines) is 1. The fraction of sp³-hybridized carbons (Fsp3) is 0.667. The minimum Gasteiger partial charge on any atom is -0.361 e. The van der Waals surface area contributed by atoms with Crippen molar-refractivity contribution in [1.29, 1.82) is 0 Å². The molecule has 130 valence electrons. The Morgan fingerprint density at radius 1 is 1.17 bits per heavy atom. The van der Waals surface area contributed by atoms with E-state index in [1.54, 1.807) is 0 Å². The molecular weight excluding hydrogens is 296 g/mol. The number of carbonyl (C=O) groups is 1. The molecule has 1 saturated carbocycles. The normalized spacial score (nSPS) is 29.2. The number of aromatic amines is 1. The Hall–Kier alpha value is -1.51. The van der Waals surface area contributed by atoms with Gasteiger partial charge in [-0.15, -0.1) is 0 Å². The molecule has 2 fully saturated rings. The first-order chi connectivity index (χ1) is 11.7. The number of rotatable bonds is 3. The van der Waals surface area contributed by atoms with Crippen LogP contribution in [0.1, 0.15) is 70.3 Å². The van der Waals surface area contributed by atoms with E-state index in [9.17, 15) is 4.79 Å². The molecule has 3 aliphatic rings. The zero-order valence-electron chi connectivity index (χ0n) is 14.9. The Morgan fingerprint density at radius 3 is 2.92 bits per heavy atom. The average Bonchev–Trinajstić information content (AvgIpc) is 3.03. The van der Waals surface area contributed by atoms with Crippen LogP contribution in [-0.2, 0) is 11.2 Å². The predicted molar refractivity (Wildman–Crippen MR) is 97.8 cm³/mol. The molecule has 24 heavy (non-hydrogen) atoms. The highest BCUT2D eigenvalue weighted by Gasteiger charge is 2.38. The number of aryl methyl sites for hydroxylation is 1. The van der Waals surface area contributed by atoms with Gasteiger partial charge in [0.2, 0.25) is 5.91 Å². The number of aromatic nitrogens is 1. The summed E-state index contributed by atoms with van der Waals surface area (Å²) in [6.45, 7) is 2.25. The lowest BCUT2D eigenvalue weighted by atomic mass is 9.76. The highest BCUT2D eigenvalue weighted by Crippen LogP contribution is 2.38. The summed E-state index contributed by atoms with van der Waals surface area (Å²) in [5.41, 5.74) is 1.32. The summed E-state index contributed by atoms with van der Waals surface area (Å²) in [5.74, 6) is 1.15. The van der Waals surface area contributed by atoms with E-state index >= 15 is 0 Å². The summed E-state index contributed by atoms with van der Waals surface area (Å²) < 4.78 is 0. The van der Waals surface area contributed by atoms with Gasteiger partial charge in [-0.2, -0.15) is 0 Å². The lowest BCUT2D eigenvalue weighted by molar-refractivity contribution is -0.141. The fourth-order valence-electron chi connectivity index (χ4n) is 5.18. The lowest BCUT2D eigenvalue weighted by Crippen LogP contribution is -2.53. The molecule has 3 atom stereocenters. The van der Waals surface area contributed by atoms with E-state index in [2.05, 4.69) is 35.2 Å². The Bertz CT molecular complexity index is 717. The maximum Gasteiger partial charge on any atom is 0.223 e. The molecule has 4 rings (SSSR count). The third kappa shape index (κ3) is 2.94. The van der Waals surface area contributed by atoms with Crippen molar-refractivity contribution in [3.63, 3.8) is 0 Å². The number of amides is 1. The van der Waals surface area contributed by atoms with Crippen LogP contribution in [0.15, 0.2) is 6.20 Å². The second-order valence-electron chi connectivity index (χ2n) is 7.97. The zero-order chi connectivity index (χ0) is 16.5. The number of nitrogens with one attached hydrogen (secondary N) is 1. The van der Waals surface area contributed by atoms with Gasteiger partial charge in [-0.1, -0.05) is 25.0 Å². The first-order valence-corrected chi connectivity index (χ1v) is 9.92. The van der Waals surface area contributed by atoms with E-state index < -0.39 is 0 Å². The molecule has 1 N–H and O–H groups in total. The van der Waals surface area contributed by atoms with Crippen molar-refractivity contribution in [2.45, 2.75) is 83.2 Å². The number of H-pyrrole nitrogens is 1. The van der Waals surface area contributed by atoms with Crippen LogP contribution in [0, 0.1) is 5.92 Å². The number of carbonyl (C=O) groups excluding carboxylic acids is 1. The fourth-order valence-corrected chi connectivity index (χ4v) is 5.18. The maximum absolute atomic E-state index is 13.0. The van der Waals surface area contributed by atoms with Gasteiger partial charge in [-0.25, -0.2) is 0 Å². The van der Waals surface area contributed by atoms with Crippen LogP contribution in [-0.4, -0.2) is 27.9 Å². The summed E-state index contributed by atoms with van der Waals surface area (Å²) >= 11 is 0. The number of hydrogen-bond acceptors (Lipinski definition) is 1. The van der Waals surface area contributed by atoms with Crippen molar-refractivity contribution in [2.75, 3.05) is 0 Å². The van der Waals surface area contributed by atoms with Crippen molar-refractivity contribution in [2.24, 2.45) is 5.92 Å². The van der Waals surface area contributed by atoms with Crippen molar-refractivity contribution >= 4 is 18.1 Å². The molecule has 2 heterocycles. The molecule has 0 radical (unpaired) electrons. The number of fused-ring (bicyclic) bond motifs is 2. The SMILES string of the molecule is CC1CCC2CCCCC2N1C(=O)CCc1c[nH]c2c1=CCCC=2. The van der Waals surface area contributed by atoms with Crippen LogP contribution in [0.4, 0.5) is 0 Å². The quantitative estimate of drug-likeness (QED) is 0.911. The van der Waals surface area contributed by atoms with Gasteiger partial charge in [0.15, 0.2) is 0 Å². The average molecular weight is 326 g/mol. The van der Waals surface area contributed by atoms with E-state index in [0.29, 0.717) is 24.4 Å². The van der Waals surface area contributed by atoms with E-state index in [1.807, 2.05) is 0 Å². The van der Waals surface area contributed by atoms with Crippen molar-refractivity contribution in [3.8, 4) is 0 Å². The molecule has 0 spiro atoms. The topological polar surface area (TPSA) is 36.1 Å². The van der Waals surface area contributed by atoms with Crippen LogP contribution in [0.3, 0.4) is 0 Å². The molecule has 3 nitrogen and oxygen atoms in total. The largest absolute Gasteiger partial charge is 0.361 e. The van der Waals surface area contributed by atoms with Crippen LogP contribution < -0.4 is 10.6 Å². The van der Waals surface area contributed by atoms with Crippen LogP contribution in [0.25, 0.3) is 12.2 Å². The van der Waals surface area contributed by atoms with E-state index in [0.717, 1.165) is 25.2 Å². The zero-order valence-corrected chi connectivity index (χ0v) is 14.9. The lowest BCUT2D eigenvalue weighted by Gasteiger charge is -2.47. The Morgan fingerprint density at radius 2 is 2.00 bits per heavy atom. The van der Waals surface area contributed by atoms with Gasteiger partial charge in [0.1, 0.15) is 0 Å². The van der Waals surface area contributed by atoms with Crippen LogP contribution >= 0.6 is 0 Å². The molecule has 3 heteroatoms. The molecule has 0 aromatic carbocycles. The summed E-state index contributed by atoms with van der Waals surface area (Å²) in [6.07, 6.45) is 18.2. The monoisotopic (exact) mass is 326 g/mol. The van der Waals surface area contributed by atoms with E-state index in [4.69, 9.17) is 0 Å². The summed E-state index contributed by atoms with van der Waals surface area (Å²) in [5, 5.41) is 2.60. The molecule has 0 bridgehead atoms. The Balaban J connectivity index is 1.46. The predicted octanol–water partition coefficient (Wildman–Crippen LogP) is 2.87. The molecule has 1 saturated heterocycles. The summed E-state index contributed by atoms with van der Waals surface area (Å²) in [6, 6.07) is 0.951. The summed E-state index contributed by atoms with van der Waals surface area (Å²) in [4.78, 5) is 18.7. The highest BCUT2D eigenvalue weighted by atomic mass is 16.2. The molecule has 1 amide bonds. The van der Waals surface area contributed by atoms with Gasteiger partial charge < -0.3 is 9.88 Å². The maximum atomic E-state index is 13.0. The molecule has 2 aliphatic carbocycles. The Labute approximate surface area is 144 Å². The molecule has 3 unspecified atom stereocenters. The van der Waals surface area contributed by atoms with Gasteiger partial charge in [-0.05, 0) is 68.6 Å². The third-order valence-electron chi connectivity index (χ3n) is 6.45. The molecule has 1 aromatic heterocycles. The second kappa shape index (κ2) is 6.78. The van der Waals surface area contributed by atoms with Crippen molar-refractivity contribution < 1.29 is 4.79 Å². The van der Waals surface area contributed by atoms with Gasteiger partial charge in [0.25, 0.3) is 0 Å². The highest BCUT2D eigenvalue weighted by molar-refractivity contribution is 5.77. The second-order valence-corrected chi connectivity index (χ2v) is 7.97. The van der Waals surface area contributed by atoms with E-state index in [1.165, 1.54) is 54.7 Å².